The summed E-state index contributed by atoms with van der Waals surface area (Å²) < 4.78 is 18.6. The summed E-state index contributed by atoms with van der Waals surface area (Å²) in [4.78, 5) is 25.2. The van der Waals surface area contributed by atoms with E-state index in [0.717, 1.165) is 19.6 Å². The number of amides is 1. The molecule has 1 fully saturated rings. The molecule has 0 N–H and O–H groups in total. The molecular weight excluding hydrogens is 305 g/mol. The van der Waals surface area contributed by atoms with Gasteiger partial charge in [-0.05, 0) is 24.9 Å². The first-order valence-corrected chi connectivity index (χ1v) is 7.50. The molecule has 7 nitrogen and oxygen atoms in total. The van der Waals surface area contributed by atoms with Crippen molar-refractivity contribution >= 4 is 11.8 Å². The van der Waals surface area contributed by atoms with Gasteiger partial charge in [-0.1, -0.05) is 12.1 Å². The zero-order valence-corrected chi connectivity index (χ0v) is 13.0. The van der Waals surface area contributed by atoms with E-state index in [-0.39, 0.29) is 6.09 Å². The molecule has 0 radical (unpaired) electrons. The monoisotopic (exact) mass is 325 g/mol. The van der Waals surface area contributed by atoms with Crippen molar-refractivity contribution in [2.45, 2.75) is 12.8 Å². The molecule has 23 heavy (non-hydrogen) atoms. The maximum absolute atomic E-state index is 14.0. The maximum Gasteiger partial charge on any atom is 0.409 e. The van der Waals surface area contributed by atoms with Crippen molar-refractivity contribution in [3.8, 4) is 0 Å². The highest BCUT2D eigenvalue weighted by atomic mass is 19.1. The number of hydrogen-bond acceptors (Lipinski definition) is 5. The van der Waals surface area contributed by atoms with Crippen LogP contribution in [0.3, 0.4) is 0 Å². The number of ether oxygens (including phenoxy) is 1. The first-order chi connectivity index (χ1) is 11.0. The van der Waals surface area contributed by atoms with Crippen molar-refractivity contribution in [2.24, 2.45) is 0 Å². The molecule has 1 aromatic carbocycles. The lowest BCUT2D eigenvalue weighted by Gasteiger charge is -2.33. The van der Waals surface area contributed by atoms with Crippen LogP contribution in [-0.2, 0) is 11.2 Å². The second kappa shape index (κ2) is 7.87. The summed E-state index contributed by atoms with van der Waals surface area (Å²) >= 11 is 0. The Morgan fingerprint density at radius 3 is 2.65 bits per heavy atom. The second-order valence-electron chi connectivity index (χ2n) is 5.41. The minimum Gasteiger partial charge on any atom is -0.453 e. The van der Waals surface area contributed by atoms with Crippen molar-refractivity contribution in [2.75, 3.05) is 39.8 Å². The van der Waals surface area contributed by atoms with Crippen LogP contribution in [-0.4, -0.2) is 60.6 Å². The number of carbonyl (C=O) groups is 1. The fraction of sp³-hybridized carbons (Fsp3) is 0.533. The molecule has 1 aromatic rings. The van der Waals surface area contributed by atoms with Crippen molar-refractivity contribution < 1.29 is 18.8 Å². The third-order valence-corrected chi connectivity index (χ3v) is 3.98. The molecule has 8 heteroatoms. The number of nitrogens with zero attached hydrogens (tertiary/aromatic N) is 3. The van der Waals surface area contributed by atoms with Gasteiger partial charge in [-0.2, -0.15) is 4.39 Å². The molecule has 126 valence electrons. The lowest BCUT2D eigenvalue weighted by molar-refractivity contribution is -0.387. The van der Waals surface area contributed by atoms with Gasteiger partial charge in [0, 0.05) is 32.2 Å². The average molecular weight is 325 g/mol. The molecule has 1 aliphatic rings. The van der Waals surface area contributed by atoms with Gasteiger partial charge in [0.2, 0.25) is 5.82 Å². The highest BCUT2D eigenvalue weighted by Crippen LogP contribution is 2.21. The summed E-state index contributed by atoms with van der Waals surface area (Å²) in [6, 6.07) is 4.26. The summed E-state index contributed by atoms with van der Waals surface area (Å²) in [5, 5.41) is 10.7. The van der Waals surface area contributed by atoms with Crippen molar-refractivity contribution in [1.29, 1.82) is 0 Å². The Labute approximate surface area is 133 Å². The van der Waals surface area contributed by atoms with Crippen LogP contribution in [0.1, 0.15) is 12.0 Å². The van der Waals surface area contributed by atoms with E-state index >= 15 is 0 Å². The second-order valence-corrected chi connectivity index (χ2v) is 5.41. The summed E-state index contributed by atoms with van der Waals surface area (Å²) in [5.74, 6) is -0.743. The summed E-state index contributed by atoms with van der Waals surface area (Å²) in [5.41, 5.74) is -0.110. The Morgan fingerprint density at radius 2 is 2.04 bits per heavy atom. The van der Waals surface area contributed by atoms with E-state index in [9.17, 15) is 19.3 Å². The number of piperazine rings is 1. The van der Waals surface area contributed by atoms with E-state index in [4.69, 9.17) is 0 Å². The molecule has 1 saturated heterocycles. The molecule has 1 heterocycles. The molecule has 0 aliphatic carbocycles. The molecular formula is C15H20FN3O4. The smallest absolute Gasteiger partial charge is 0.409 e. The molecule has 0 spiro atoms. The number of aryl methyl sites for hydroxylation is 1. The minimum atomic E-state index is -0.743. The van der Waals surface area contributed by atoms with Crippen molar-refractivity contribution in [3.63, 3.8) is 0 Å². The number of carbonyl (C=O) groups excluding carboxylic acids is 1. The topological polar surface area (TPSA) is 75.9 Å². The Hall–Kier alpha value is -2.22. The van der Waals surface area contributed by atoms with Gasteiger partial charge < -0.3 is 9.64 Å². The average Bonchev–Trinajstić information content (AvgIpc) is 2.56. The van der Waals surface area contributed by atoms with Crippen molar-refractivity contribution in [1.82, 2.24) is 9.80 Å². The van der Waals surface area contributed by atoms with Crippen LogP contribution in [0.2, 0.25) is 0 Å². The van der Waals surface area contributed by atoms with Crippen molar-refractivity contribution in [3.05, 3.63) is 39.7 Å². The van der Waals surface area contributed by atoms with E-state index in [1.165, 1.54) is 19.2 Å². The summed E-state index contributed by atoms with van der Waals surface area (Å²) in [6.07, 6.45) is 0.837. The predicted molar refractivity (Wildman–Crippen MR) is 81.8 cm³/mol. The number of methoxy groups -OCH3 is 1. The number of nitro benzene ring substituents is 1. The molecule has 0 unspecified atom stereocenters. The van der Waals surface area contributed by atoms with Gasteiger partial charge >= 0.3 is 11.8 Å². The van der Waals surface area contributed by atoms with Gasteiger partial charge in [-0.25, -0.2) is 4.79 Å². The van der Waals surface area contributed by atoms with Gasteiger partial charge in [0.05, 0.1) is 12.0 Å². The third-order valence-electron chi connectivity index (χ3n) is 3.98. The third kappa shape index (κ3) is 4.38. The molecule has 0 bridgehead atoms. The van der Waals surface area contributed by atoms with Crippen LogP contribution in [0.5, 0.6) is 0 Å². The van der Waals surface area contributed by atoms with Gasteiger partial charge in [0.25, 0.3) is 0 Å². The molecule has 0 aromatic heterocycles. The lowest BCUT2D eigenvalue weighted by atomic mass is 10.1. The van der Waals surface area contributed by atoms with Crippen LogP contribution in [0, 0.1) is 15.9 Å². The molecule has 1 aliphatic heterocycles. The van der Waals surface area contributed by atoms with Gasteiger partial charge in [0.15, 0.2) is 0 Å². The summed E-state index contributed by atoms with van der Waals surface area (Å²) in [7, 11) is 1.36. The fourth-order valence-electron chi connectivity index (χ4n) is 2.68. The van der Waals surface area contributed by atoms with Crippen LogP contribution in [0.25, 0.3) is 0 Å². The fourth-order valence-corrected chi connectivity index (χ4v) is 2.68. The standard InChI is InChI=1S/C15H20FN3O4/c1-23-15(20)18-10-8-17(9-11-18)7-3-5-12-4-2-6-13(14(12)16)19(21)22/h2,4,6H,3,5,7-11H2,1H3. The summed E-state index contributed by atoms with van der Waals surface area (Å²) in [6.45, 7) is 3.46. The van der Waals surface area contributed by atoms with E-state index in [1.807, 2.05) is 0 Å². The zero-order valence-electron chi connectivity index (χ0n) is 13.0. The predicted octanol–water partition coefficient (Wildman–Crippen LogP) is 2.05. The number of halogens is 1. The highest BCUT2D eigenvalue weighted by molar-refractivity contribution is 5.67. The normalized spacial score (nSPS) is 15.5. The van der Waals surface area contributed by atoms with Crippen LogP contribution in [0.15, 0.2) is 18.2 Å². The van der Waals surface area contributed by atoms with Gasteiger partial charge in [0.1, 0.15) is 0 Å². The quantitative estimate of drug-likeness (QED) is 0.612. The Balaban J connectivity index is 1.79. The molecule has 1 amide bonds. The van der Waals surface area contributed by atoms with Gasteiger partial charge in [-0.3, -0.25) is 15.0 Å². The number of nitro groups is 1. The van der Waals surface area contributed by atoms with E-state index in [1.54, 1.807) is 11.0 Å². The van der Waals surface area contributed by atoms with Crippen LogP contribution < -0.4 is 0 Å². The maximum atomic E-state index is 14.0. The molecule has 2 rings (SSSR count). The highest BCUT2D eigenvalue weighted by Gasteiger charge is 2.21. The number of benzene rings is 1. The van der Waals surface area contributed by atoms with E-state index < -0.39 is 16.4 Å². The number of hydrogen-bond donors (Lipinski definition) is 0. The molecule has 0 saturated carbocycles. The first kappa shape index (κ1) is 17.1. The van der Waals surface area contributed by atoms with Gasteiger partial charge in [-0.15, -0.1) is 0 Å². The van der Waals surface area contributed by atoms with E-state index in [0.29, 0.717) is 31.5 Å². The first-order valence-electron chi connectivity index (χ1n) is 7.50. The van der Waals surface area contributed by atoms with Crippen LogP contribution >= 0.6 is 0 Å². The number of rotatable bonds is 5. The zero-order chi connectivity index (χ0) is 16.8. The van der Waals surface area contributed by atoms with E-state index in [2.05, 4.69) is 9.64 Å². The molecule has 0 atom stereocenters. The SMILES string of the molecule is COC(=O)N1CCN(CCCc2cccc([N+](=O)[O-])c2F)CC1. The Morgan fingerprint density at radius 1 is 1.35 bits per heavy atom. The largest absolute Gasteiger partial charge is 0.453 e. The Kier molecular flexibility index (Phi) is 5.86. The lowest BCUT2D eigenvalue weighted by Crippen LogP contribution is -2.48. The Bertz CT molecular complexity index is 574. The van der Waals surface area contributed by atoms with Crippen LogP contribution in [0.4, 0.5) is 14.9 Å². The minimum absolute atomic E-state index is 0.316.